The fourth-order valence-electron chi connectivity index (χ4n) is 6.89. The van der Waals surface area contributed by atoms with E-state index in [1.54, 1.807) is 30.3 Å². The Balaban J connectivity index is 2.42. The summed E-state index contributed by atoms with van der Waals surface area (Å²) in [6.45, 7) is 23.5. The smallest absolute Gasteiger partial charge is 0.339 e. The van der Waals surface area contributed by atoms with Gasteiger partial charge >= 0.3 is 5.97 Å². The van der Waals surface area contributed by atoms with Crippen molar-refractivity contribution in [2.24, 2.45) is 0 Å². The molecule has 53 heavy (non-hydrogen) atoms. The highest BCUT2D eigenvalue weighted by Gasteiger charge is 2.37. The molecule has 0 heterocycles. The van der Waals surface area contributed by atoms with Gasteiger partial charge in [0.05, 0.1) is 39.6 Å². The first-order valence-electron chi connectivity index (χ1n) is 17.7. The normalized spacial score (nSPS) is 12.5. The molecular weight excluding hydrogens is 672 g/mol. The average molecular weight is 729 g/mol. The number of hydrogen-bond donors (Lipinski definition) is 3. The zero-order valence-electron chi connectivity index (χ0n) is 34.2. The predicted octanol–water partition coefficient (Wildman–Crippen LogP) is 9.86. The molecule has 0 spiro atoms. The van der Waals surface area contributed by atoms with Crippen molar-refractivity contribution < 1.29 is 43.9 Å². The fourth-order valence-corrected chi connectivity index (χ4v) is 6.89. The molecule has 0 amide bonds. The lowest BCUT2D eigenvalue weighted by Crippen LogP contribution is -2.20. The second-order valence-corrected chi connectivity index (χ2v) is 17.7. The first-order valence-corrected chi connectivity index (χ1v) is 17.7. The third kappa shape index (κ3) is 7.22. The summed E-state index contributed by atoms with van der Waals surface area (Å²) in [7, 11) is 5.54. The van der Waals surface area contributed by atoms with Gasteiger partial charge in [-0.05, 0) is 57.6 Å². The molecular formula is C44H56O9. The van der Waals surface area contributed by atoms with Gasteiger partial charge in [0.25, 0.3) is 0 Å². The van der Waals surface area contributed by atoms with Crippen molar-refractivity contribution in [3.8, 4) is 45.6 Å². The van der Waals surface area contributed by atoms with Crippen LogP contribution in [0.5, 0.6) is 34.5 Å². The minimum atomic E-state index is -0.883. The lowest BCUT2D eigenvalue weighted by molar-refractivity contribution is 0.0598. The van der Waals surface area contributed by atoms with Gasteiger partial charge in [-0.1, -0.05) is 83.1 Å². The van der Waals surface area contributed by atoms with Crippen LogP contribution in [0.25, 0.3) is 21.9 Å². The number of phenols is 3. The molecule has 0 radical (unpaired) electrons. The summed E-state index contributed by atoms with van der Waals surface area (Å²) in [5.41, 5.74) is 0.369. The van der Waals surface area contributed by atoms with E-state index < -0.39 is 39.2 Å². The van der Waals surface area contributed by atoms with Crippen LogP contribution in [0.15, 0.2) is 30.3 Å². The number of fused-ring (bicyclic) bond motifs is 1. The van der Waals surface area contributed by atoms with Gasteiger partial charge in [-0.3, -0.25) is 4.79 Å². The third-order valence-electron chi connectivity index (χ3n) is 9.69. The van der Waals surface area contributed by atoms with Crippen molar-refractivity contribution in [3.63, 3.8) is 0 Å². The Morgan fingerprint density at radius 3 is 1.30 bits per heavy atom. The van der Waals surface area contributed by atoms with Gasteiger partial charge in [-0.2, -0.15) is 0 Å². The summed E-state index contributed by atoms with van der Waals surface area (Å²) in [5.74, 6) is -1.29. The largest absolute Gasteiger partial charge is 0.507 e. The van der Waals surface area contributed by atoms with E-state index >= 15 is 4.79 Å². The van der Waals surface area contributed by atoms with Crippen molar-refractivity contribution >= 4 is 22.5 Å². The number of methoxy groups -OCH3 is 4. The molecule has 0 aliphatic carbocycles. The zero-order chi connectivity index (χ0) is 40.3. The Bertz CT molecular complexity index is 2040. The maximum atomic E-state index is 15.2. The molecule has 4 aromatic carbocycles. The molecule has 0 aliphatic heterocycles. The monoisotopic (exact) mass is 728 g/mol. The molecule has 3 N–H and O–H groups in total. The SMILES string of the molecule is COC(=O)c1c(C(=O)c2cc(C(C)(C)C)c(O)c(C(C)(C)C)c2)c(O)c2cc(OC)c(OC)c(OC)c2c1-c1cc(C(C)(C)C)c(O)c(C(C)(C)C)c1. The summed E-state index contributed by atoms with van der Waals surface area (Å²) in [6, 6.07) is 8.36. The van der Waals surface area contributed by atoms with E-state index in [9.17, 15) is 20.1 Å². The third-order valence-corrected chi connectivity index (χ3v) is 9.69. The molecule has 0 saturated heterocycles. The van der Waals surface area contributed by atoms with Gasteiger partial charge in [-0.25, -0.2) is 4.79 Å². The number of phenolic OH excluding ortho intramolecular Hbond substituents is 3. The van der Waals surface area contributed by atoms with Crippen molar-refractivity contribution in [1.82, 2.24) is 0 Å². The Hall–Kier alpha value is -4.92. The molecule has 4 aromatic rings. The molecule has 0 aliphatic rings. The number of hydrogen-bond acceptors (Lipinski definition) is 9. The minimum absolute atomic E-state index is 0.0771. The van der Waals surface area contributed by atoms with Crippen molar-refractivity contribution in [3.05, 3.63) is 69.3 Å². The van der Waals surface area contributed by atoms with E-state index in [-0.39, 0.29) is 61.8 Å². The van der Waals surface area contributed by atoms with Gasteiger partial charge in [0.1, 0.15) is 17.2 Å². The van der Waals surface area contributed by atoms with Gasteiger partial charge in [0.2, 0.25) is 5.75 Å². The van der Waals surface area contributed by atoms with Gasteiger partial charge in [0, 0.05) is 44.2 Å². The van der Waals surface area contributed by atoms with Crippen LogP contribution in [0.4, 0.5) is 0 Å². The molecule has 0 bridgehead atoms. The molecule has 9 nitrogen and oxygen atoms in total. The van der Waals surface area contributed by atoms with Crippen LogP contribution in [-0.2, 0) is 26.4 Å². The summed E-state index contributed by atoms with van der Waals surface area (Å²) in [6.07, 6.45) is 0. The summed E-state index contributed by atoms with van der Waals surface area (Å²) in [5, 5.41) is 35.9. The van der Waals surface area contributed by atoms with E-state index in [1.807, 2.05) is 83.1 Å². The van der Waals surface area contributed by atoms with Gasteiger partial charge < -0.3 is 34.3 Å². The molecule has 0 aromatic heterocycles. The Kier molecular flexibility index (Phi) is 10.6. The maximum Gasteiger partial charge on any atom is 0.339 e. The fraction of sp³-hybridized carbons (Fsp3) is 0.455. The van der Waals surface area contributed by atoms with E-state index in [1.165, 1.54) is 28.4 Å². The number of esters is 1. The highest BCUT2D eigenvalue weighted by Crippen LogP contribution is 2.54. The number of benzene rings is 4. The lowest BCUT2D eigenvalue weighted by Gasteiger charge is -2.30. The molecule has 0 fully saturated rings. The van der Waals surface area contributed by atoms with Crippen molar-refractivity contribution in [1.29, 1.82) is 0 Å². The molecule has 9 heteroatoms. The minimum Gasteiger partial charge on any atom is -0.507 e. The summed E-state index contributed by atoms with van der Waals surface area (Å²) in [4.78, 5) is 29.5. The summed E-state index contributed by atoms with van der Waals surface area (Å²) >= 11 is 0. The quantitative estimate of drug-likeness (QED) is 0.126. The number of ketones is 1. The molecule has 4 rings (SSSR count). The Morgan fingerprint density at radius 2 is 0.943 bits per heavy atom. The molecule has 286 valence electrons. The van der Waals surface area contributed by atoms with E-state index in [0.717, 1.165) is 0 Å². The number of ether oxygens (including phenoxy) is 4. The second kappa shape index (κ2) is 13.8. The van der Waals surface area contributed by atoms with Gasteiger partial charge in [-0.15, -0.1) is 0 Å². The van der Waals surface area contributed by atoms with E-state index in [0.29, 0.717) is 27.8 Å². The number of carbonyl (C=O) groups excluding carboxylic acids is 2. The first kappa shape index (κ1) is 40.8. The highest BCUT2D eigenvalue weighted by atomic mass is 16.5. The topological polar surface area (TPSA) is 132 Å². The van der Waals surface area contributed by atoms with Crippen LogP contribution in [0, 0.1) is 0 Å². The van der Waals surface area contributed by atoms with Crippen LogP contribution in [0.2, 0.25) is 0 Å². The average Bonchev–Trinajstić information content (AvgIpc) is 3.04. The van der Waals surface area contributed by atoms with E-state index in [2.05, 4.69) is 0 Å². The highest BCUT2D eigenvalue weighted by molar-refractivity contribution is 6.25. The number of carbonyl (C=O) groups is 2. The maximum absolute atomic E-state index is 15.2. The van der Waals surface area contributed by atoms with Crippen LogP contribution in [-0.4, -0.2) is 55.5 Å². The van der Waals surface area contributed by atoms with E-state index in [4.69, 9.17) is 18.9 Å². The molecule has 0 atom stereocenters. The predicted molar refractivity (Wildman–Crippen MR) is 210 cm³/mol. The molecule has 0 unspecified atom stereocenters. The number of rotatable bonds is 7. The Morgan fingerprint density at radius 1 is 0.528 bits per heavy atom. The lowest BCUT2D eigenvalue weighted by atomic mass is 9.75. The van der Waals surface area contributed by atoms with Crippen LogP contribution < -0.4 is 14.2 Å². The standard InChI is InChI=1S/C44H56O9/c1-41(2,3)25-17-22(18-26(36(25)47)42(4,5)6)30-31-24(21-29(50-13)38(51-14)39(31)52-15)35(46)33(32(30)40(49)53-16)34(45)23-19-27(43(7,8)9)37(48)28(20-23)44(10,11)12/h17-21,46-48H,1-16H3. The molecule has 0 saturated carbocycles. The summed E-state index contributed by atoms with van der Waals surface area (Å²) < 4.78 is 22.8. The first-order chi connectivity index (χ1) is 24.3. The van der Waals surface area contributed by atoms with Crippen LogP contribution >= 0.6 is 0 Å². The second-order valence-electron chi connectivity index (χ2n) is 17.7. The van der Waals surface area contributed by atoms with Gasteiger partial charge in [0.15, 0.2) is 17.3 Å². The van der Waals surface area contributed by atoms with Crippen molar-refractivity contribution in [2.45, 2.75) is 105 Å². The Labute approximate surface area is 313 Å². The van der Waals surface area contributed by atoms with Crippen LogP contribution in [0.3, 0.4) is 0 Å². The zero-order valence-corrected chi connectivity index (χ0v) is 34.2. The van der Waals surface area contributed by atoms with Crippen molar-refractivity contribution in [2.75, 3.05) is 28.4 Å². The van der Waals surface area contributed by atoms with Crippen LogP contribution in [0.1, 0.15) is 132 Å². The number of aromatic hydroxyl groups is 3.